The van der Waals surface area contributed by atoms with Crippen molar-refractivity contribution >= 4 is 17.6 Å². The number of aromatic amines is 1. The third-order valence-corrected chi connectivity index (χ3v) is 3.36. The number of carbonyl (C=O) groups is 2. The highest BCUT2D eigenvalue weighted by molar-refractivity contribution is 5.92. The van der Waals surface area contributed by atoms with Crippen molar-refractivity contribution in [3.8, 4) is 0 Å². The minimum absolute atomic E-state index is 0.0191. The zero-order valence-electron chi connectivity index (χ0n) is 11.3. The fourth-order valence-electron chi connectivity index (χ4n) is 2.32. The summed E-state index contributed by atoms with van der Waals surface area (Å²) in [5.41, 5.74) is 0. The Labute approximate surface area is 112 Å². The third kappa shape index (κ3) is 3.33. The number of nitrogens with one attached hydrogen (secondary N) is 2. The lowest BCUT2D eigenvalue weighted by Crippen LogP contribution is -2.45. The van der Waals surface area contributed by atoms with Gasteiger partial charge >= 0.3 is 0 Å². The van der Waals surface area contributed by atoms with Gasteiger partial charge < -0.3 is 10.2 Å². The molecular weight excluding hydrogens is 244 g/mol. The van der Waals surface area contributed by atoms with E-state index in [1.54, 1.807) is 17.2 Å². The molecular formula is C13H20N4O2. The van der Waals surface area contributed by atoms with Crippen molar-refractivity contribution < 1.29 is 9.59 Å². The van der Waals surface area contributed by atoms with Gasteiger partial charge in [0.05, 0.1) is 12.1 Å². The summed E-state index contributed by atoms with van der Waals surface area (Å²) in [5.74, 6) is 0.510. The number of anilines is 1. The molecule has 1 fully saturated rings. The number of rotatable bonds is 3. The number of carbonyl (C=O) groups excluding carboxylic acids is 2. The third-order valence-electron chi connectivity index (χ3n) is 3.36. The van der Waals surface area contributed by atoms with Crippen LogP contribution in [0.4, 0.5) is 5.82 Å². The second kappa shape index (κ2) is 5.86. The topological polar surface area (TPSA) is 78.1 Å². The molecule has 0 radical (unpaired) electrons. The van der Waals surface area contributed by atoms with Crippen LogP contribution >= 0.6 is 0 Å². The molecule has 1 aliphatic rings. The highest BCUT2D eigenvalue weighted by Crippen LogP contribution is 2.19. The molecule has 0 saturated carbocycles. The van der Waals surface area contributed by atoms with Gasteiger partial charge in [-0.05, 0) is 12.8 Å². The SMILES string of the molecule is CC(C)C(=O)N1CCCC(C(=O)Nc2ccn[nH]2)C1. The van der Waals surface area contributed by atoms with Crippen molar-refractivity contribution in [2.45, 2.75) is 26.7 Å². The van der Waals surface area contributed by atoms with E-state index in [1.165, 1.54) is 0 Å². The molecule has 6 nitrogen and oxygen atoms in total. The Morgan fingerprint density at radius 2 is 2.32 bits per heavy atom. The number of amides is 2. The summed E-state index contributed by atoms with van der Waals surface area (Å²) < 4.78 is 0. The molecule has 104 valence electrons. The monoisotopic (exact) mass is 264 g/mol. The lowest BCUT2D eigenvalue weighted by Gasteiger charge is -2.33. The van der Waals surface area contributed by atoms with Gasteiger partial charge in [-0.15, -0.1) is 0 Å². The predicted molar refractivity (Wildman–Crippen MR) is 71.4 cm³/mol. The van der Waals surface area contributed by atoms with E-state index in [0.29, 0.717) is 12.4 Å². The molecule has 0 spiro atoms. The number of hydrogen-bond acceptors (Lipinski definition) is 3. The van der Waals surface area contributed by atoms with Gasteiger partial charge in [0.2, 0.25) is 11.8 Å². The Morgan fingerprint density at radius 1 is 1.53 bits per heavy atom. The molecule has 1 atom stereocenters. The first-order valence-electron chi connectivity index (χ1n) is 6.67. The fraction of sp³-hybridized carbons (Fsp3) is 0.615. The zero-order valence-corrected chi connectivity index (χ0v) is 11.3. The van der Waals surface area contributed by atoms with Crippen LogP contribution in [0.25, 0.3) is 0 Å². The van der Waals surface area contributed by atoms with Crippen molar-refractivity contribution in [1.29, 1.82) is 0 Å². The molecule has 1 saturated heterocycles. The maximum Gasteiger partial charge on any atom is 0.230 e. The molecule has 1 aliphatic heterocycles. The van der Waals surface area contributed by atoms with Gasteiger partial charge in [-0.3, -0.25) is 14.7 Å². The van der Waals surface area contributed by atoms with E-state index in [-0.39, 0.29) is 23.7 Å². The highest BCUT2D eigenvalue weighted by atomic mass is 16.2. The maximum atomic E-state index is 12.1. The van der Waals surface area contributed by atoms with Crippen LogP contribution in [0.3, 0.4) is 0 Å². The standard InChI is InChI=1S/C13H20N4O2/c1-9(2)13(19)17-7-3-4-10(8-17)12(18)15-11-5-6-14-16-11/h5-6,9-10H,3-4,7-8H2,1-2H3,(H2,14,15,16,18). The number of piperidine rings is 1. The van der Waals surface area contributed by atoms with E-state index in [1.807, 2.05) is 13.8 Å². The first-order valence-corrected chi connectivity index (χ1v) is 6.67. The molecule has 0 bridgehead atoms. The van der Waals surface area contributed by atoms with E-state index in [2.05, 4.69) is 15.5 Å². The van der Waals surface area contributed by atoms with Gasteiger partial charge in [0, 0.05) is 25.1 Å². The van der Waals surface area contributed by atoms with E-state index >= 15 is 0 Å². The molecule has 1 unspecified atom stereocenters. The molecule has 2 rings (SSSR count). The Morgan fingerprint density at radius 3 is 2.95 bits per heavy atom. The van der Waals surface area contributed by atoms with Crippen molar-refractivity contribution in [3.63, 3.8) is 0 Å². The zero-order chi connectivity index (χ0) is 13.8. The van der Waals surface area contributed by atoms with Crippen LogP contribution in [0.1, 0.15) is 26.7 Å². The first kappa shape index (κ1) is 13.6. The van der Waals surface area contributed by atoms with Crippen molar-refractivity contribution in [2.24, 2.45) is 11.8 Å². The first-order chi connectivity index (χ1) is 9.08. The largest absolute Gasteiger partial charge is 0.342 e. The van der Waals surface area contributed by atoms with Crippen LogP contribution in [-0.4, -0.2) is 40.0 Å². The summed E-state index contributed by atoms with van der Waals surface area (Å²) >= 11 is 0. The van der Waals surface area contributed by atoms with Crippen LogP contribution in [0, 0.1) is 11.8 Å². The normalized spacial score (nSPS) is 19.5. The molecule has 6 heteroatoms. The van der Waals surface area contributed by atoms with Gasteiger partial charge in [-0.2, -0.15) is 5.10 Å². The van der Waals surface area contributed by atoms with E-state index in [0.717, 1.165) is 19.4 Å². The smallest absolute Gasteiger partial charge is 0.230 e. The Kier molecular flexibility index (Phi) is 4.19. The number of H-pyrrole nitrogens is 1. The van der Waals surface area contributed by atoms with Crippen LogP contribution in [-0.2, 0) is 9.59 Å². The van der Waals surface area contributed by atoms with E-state index in [4.69, 9.17) is 0 Å². The number of hydrogen-bond donors (Lipinski definition) is 2. The molecule has 0 aromatic carbocycles. The summed E-state index contributed by atoms with van der Waals surface area (Å²) in [6, 6.07) is 1.71. The lowest BCUT2D eigenvalue weighted by molar-refractivity contribution is -0.137. The summed E-state index contributed by atoms with van der Waals surface area (Å²) in [7, 11) is 0. The molecule has 2 heterocycles. The van der Waals surface area contributed by atoms with Gasteiger partial charge in [-0.25, -0.2) is 0 Å². The number of likely N-dealkylation sites (tertiary alicyclic amines) is 1. The average molecular weight is 264 g/mol. The van der Waals surface area contributed by atoms with Crippen LogP contribution in [0.15, 0.2) is 12.3 Å². The second-order valence-electron chi connectivity index (χ2n) is 5.24. The van der Waals surface area contributed by atoms with Crippen molar-refractivity contribution in [2.75, 3.05) is 18.4 Å². The molecule has 2 amide bonds. The lowest BCUT2D eigenvalue weighted by atomic mass is 9.96. The fourth-order valence-corrected chi connectivity index (χ4v) is 2.32. The number of nitrogens with zero attached hydrogens (tertiary/aromatic N) is 2. The van der Waals surface area contributed by atoms with Crippen LogP contribution in [0.2, 0.25) is 0 Å². The predicted octanol–water partition coefficient (Wildman–Crippen LogP) is 1.24. The summed E-state index contributed by atoms with van der Waals surface area (Å²) in [6.45, 7) is 5.04. The molecule has 0 aliphatic carbocycles. The summed E-state index contributed by atoms with van der Waals surface area (Å²) in [4.78, 5) is 25.9. The Hall–Kier alpha value is -1.85. The van der Waals surface area contributed by atoms with E-state index in [9.17, 15) is 9.59 Å². The molecule has 2 N–H and O–H groups in total. The van der Waals surface area contributed by atoms with Crippen LogP contribution in [0.5, 0.6) is 0 Å². The highest BCUT2D eigenvalue weighted by Gasteiger charge is 2.29. The number of aromatic nitrogens is 2. The van der Waals surface area contributed by atoms with Crippen molar-refractivity contribution in [3.05, 3.63) is 12.3 Å². The second-order valence-corrected chi connectivity index (χ2v) is 5.24. The van der Waals surface area contributed by atoms with Gasteiger partial charge in [-0.1, -0.05) is 13.8 Å². The average Bonchev–Trinajstić information content (AvgIpc) is 2.90. The maximum absolute atomic E-state index is 12.1. The van der Waals surface area contributed by atoms with Crippen LogP contribution < -0.4 is 5.32 Å². The molecule has 1 aromatic heterocycles. The summed E-state index contributed by atoms with van der Waals surface area (Å²) in [5, 5.41) is 9.26. The minimum atomic E-state index is -0.139. The Bertz CT molecular complexity index is 442. The van der Waals surface area contributed by atoms with Crippen molar-refractivity contribution in [1.82, 2.24) is 15.1 Å². The minimum Gasteiger partial charge on any atom is -0.342 e. The quantitative estimate of drug-likeness (QED) is 0.862. The Balaban J connectivity index is 1.93. The molecule has 19 heavy (non-hydrogen) atoms. The van der Waals surface area contributed by atoms with E-state index < -0.39 is 0 Å². The summed E-state index contributed by atoms with van der Waals surface area (Å²) in [6.07, 6.45) is 3.28. The van der Waals surface area contributed by atoms with Gasteiger partial charge in [0.1, 0.15) is 5.82 Å². The van der Waals surface area contributed by atoms with Gasteiger partial charge in [0.25, 0.3) is 0 Å². The molecule has 1 aromatic rings. The van der Waals surface area contributed by atoms with Gasteiger partial charge in [0.15, 0.2) is 0 Å².